The van der Waals surface area contributed by atoms with Crippen LogP contribution in [-0.2, 0) is 6.54 Å². The van der Waals surface area contributed by atoms with Gasteiger partial charge >= 0.3 is 0 Å². The Bertz CT molecular complexity index is 356. The molecule has 90 valence electrons. The van der Waals surface area contributed by atoms with Gasteiger partial charge in [0.25, 0.3) is 0 Å². The summed E-state index contributed by atoms with van der Waals surface area (Å²) in [5.74, 6) is 0.463. The van der Waals surface area contributed by atoms with Crippen molar-refractivity contribution in [1.82, 2.24) is 4.90 Å². The number of hydrogen-bond acceptors (Lipinski definition) is 4. The summed E-state index contributed by atoms with van der Waals surface area (Å²) >= 11 is 5.16. The summed E-state index contributed by atoms with van der Waals surface area (Å²) < 4.78 is 6.28. The molecule has 0 amide bonds. The molecule has 2 rings (SSSR count). The van der Waals surface area contributed by atoms with E-state index in [0.29, 0.717) is 12.5 Å². The number of nitrogens with zero attached hydrogens (tertiary/aromatic N) is 1. The van der Waals surface area contributed by atoms with Crippen molar-refractivity contribution in [3.05, 3.63) is 15.4 Å². The van der Waals surface area contributed by atoms with Crippen LogP contribution >= 0.6 is 27.3 Å². The molecule has 1 saturated heterocycles. The average Bonchev–Trinajstić information content (AvgIpc) is 2.85. The van der Waals surface area contributed by atoms with Crippen LogP contribution in [0, 0.1) is 5.92 Å². The van der Waals surface area contributed by atoms with Gasteiger partial charge in [-0.15, -0.1) is 11.3 Å². The summed E-state index contributed by atoms with van der Waals surface area (Å²) in [4.78, 5) is 3.70. The van der Waals surface area contributed by atoms with E-state index in [9.17, 15) is 0 Å². The van der Waals surface area contributed by atoms with Crippen LogP contribution in [0.1, 0.15) is 11.3 Å². The summed E-state index contributed by atoms with van der Waals surface area (Å²) in [6.45, 7) is 3.37. The van der Waals surface area contributed by atoms with E-state index >= 15 is 0 Å². The summed E-state index contributed by atoms with van der Waals surface area (Å²) in [7, 11) is 1.69. The molecule has 1 atom stereocenters. The molecule has 0 aliphatic carbocycles. The average molecular weight is 306 g/mol. The van der Waals surface area contributed by atoms with Gasteiger partial charge in [0.1, 0.15) is 0 Å². The first kappa shape index (κ1) is 12.4. The number of methoxy groups -OCH3 is 1. The second kappa shape index (κ2) is 5.49. The quantitative estimate of drug-likeness (QED) is 0.927. The van der Waals surface area contributed by atoms with Crippen LogP contribution in [0.15, 0.2) is 10.5 Å². The van der Waals surface area contributed by atoms with Crippen molar-refractivity contribution in [2.45, 2.75) is 13.0 Å². The Morgan fingerprint density at radius 1 is 1.69 bits per heavy atom. The van der Waals surface area contributed by atoms with Crippen molar-refractivity contribution < 1.29 is 9.84 Å². The summed E-state index contributed by atoms with van der Waals surface area (Å²) in [6.07, 6.45) is 1.11. The zero-order valence-electron chi connectivity index (χ0n) is 9.28. The molecule has 1 aliphatic rings. The first-order valence-corrected chi connectivity index (χ1v) is 6.99. The van der Waals surface area contributed by atoms with E-state index in [4.69, 9.17) is 9.84 Å². The predicted octanol–water partition coefficient (Wildman–Crippen LogP) is 2.33. The Balaban J connectivity index is 1.94. The first-order valence-electron chi connectivity index (χ1n) is 5.38. The molecule has 3 nitrogen and oxygen atoms in total. The van der Waals surface area contributed by atoms with Gasteiger partial charge in [-0.1, -0.05) is 0 Å². The molecule has 1 N–H and O–H groups in total. The fraction of sp³-hybridized carbons (Fsp3) is 0.636. The highest BCUT2D eigenvalue weighted by Gasteiger charge is 2.22. The minimum Gasteiger partial charge on any atom is -0.486 e. The molecule has 2 heterocycles. The minimum atomic E-state index is 0.313. The third-order valence-corrected chi connectivity index (χ3v) is 4.83. The van der Waals surface area contributed by atoms with Gasteiger partial charge in [-0.25, -0.2) is 0 Å². The maximum Gasteiger partial charge on any atom is 0.188 e. The fourth-order valence-electron chi connectivity index (χ4n) is 2.04. The predicted molar refractivity (Wildman–Crippen MR) is 69.0 cm³/mol. The first-order chi connectivity index (χ1) is 7.72. The molecule has 5 heteroatoms. The van der Waals surface area contributed by atoms with Crippen LogP contribution in [0.25, 0.3) is 0 Å². The third kappa shape index (κ3) is 2.77. The van der Waals surface area contributed by atoms with Gasteiger partial charge in [0, 0.05) is 24.6 Å². The van der Waals surface area contributed by atoms with Crippen LogP contribution in [0.4, 0.5) is 0 Å². The highest BCUT2D eigenvalue weighted by Crippen LogP contribution is 2.35. The number of ether oxygens (including phenoxy) is 1. The molecule has 1 aromatic rings. The van der Waals surface area contributed by atoms with Crippen molar-refractivity contribution in [1.29, 1.82) is 0 Å². The van der Waals surface area contributed by atoms with Gasteiger partial charge in [0.15, 0.2) is 5.06 Å². The lowest BCUT2D eigenvalue weighted by Crippen LogP contribution is -2.20. The molecule has 16 heavy (non-hydrogen) atoms. The Morgan fingerprint density at radius 3 is 3.06 bits per heavy atom. The molecule has 1 unspecified atom stereocenters. The highest BCUT2D eigenvalue weighted by molar-refractivity contribution is 9.10. The Labute approximate surface area is 108 Å². The molecular weight excluding hydrogens is 290 g/mol. The van der Waals surface area contributed by atoms with E-state index in [1.54, 1.807) is 18.4 Å². The zero-order chi connectivity index (χ0) is 11.5. The van der Waals surface area contributed by atoms with Crippen molar-refractivity contribution in [3.8, 4) is 5.06 Å². The largest absolute Gasteiger partial charge is 0.486 e. The van der Waals surface area contributed by atoms with Gasteiger partial charge in [-0.2, -0.15) is 0 Å². The third-order valence-electron chi connectivity index (χ3n) is 2.90. The van der Waals surface area contributed by atoms with Gasteiger partial charge < -0.3 is 9.84 Å². The second-order valence-corrected chi connectivity index (χ2v) is 6.08. The summed E-state index contributed by atoms with van der Waals surface area (Å²) in [5, 5.41) is 10.0. The highest BCUT2D eigenvalue weighted by atomic mass is 79.9. The molecule has 0 spiro atoms. The maximum atomic E-state index is 9.08. The molecular formula is C11H16BrNO2S. The van der Waals surface area contributed by atoms with E-state index in [1.165, 1.54) is 4.88 Å². The van der Waals surface area contributed by atoms with Crippen LogP contribution < -0.4 is 4.74 Å². The number of aliphatic hydroxyl groups excluding tert-OH is 1. The standard InChI is InChI=1S/C11H16BrNO2S/c1-15-11-10(12)4-9(16-11)6-13-3-2-8(5-13)7-14/h4,8,14H,2-3,5-7H2,1H3. The summed E-state index contributed by atoms with van der Waals surface area (Å²) in [5.41, 5.74) is 0. The van der Waals surface area contributed by atoms with Crippen molar-refractivity contribution in [3.63, 3.8) is 0 Å². The number of aliphatic hydroxyl groups is 1. The number of hydrogen-bond donors (Lipinski definition) is 1. The number of thiophene rings is 1. The molecule has 0 radical (unpaired) electrons. The van der Waals surface area contributed by atoms with Crippen molar-refractivity contribution in [2.75, 3.05) is 26.8 Å². The smallest absolute Gasteiger partial charge is 0.188 e. The lowest BCUT2D eigenvalue weighted by atomic mass is 10.1. The van der Waals surface area contributed by atoms with Gasteiger partial charge in [-0.05, 0) is 40.9 Å². The van der Waals surface area contributed by atoms with E-state index in [2.05, 4.69) is 26.9 Å². The molecule has 0 aromatic carbocycles. The van der Waals surface area contributed by atoms with Gasteiger partial charge in [-0.3, -0.25) is 4.90 Å². The van der Waals surface area contributed by atoms with Crippen LogP contribution in [-0.4, -0.2) is 36.8 Å². The monoisotopic (exact) mass is 305 g/mol. The topological polar surface area (TPSA) is 32.7 Å². The molecule has 1 fully saturated rings. The SMILES string of the molecule is COc1sc(CN2CCC(CO)C2)cc1Br. The van der Waals surface area contributed by atoms with Crippen molar-refractivity contribution >= 4 is 27.3 Å². The van der Waals surface area contributed by atoms with E-state index in [0.717, 1.165) is 35.6 Å². The van der Waals surface area contributed by atoms with Gasteiger partial charge in [0.2, 0.25) is 0 Å². The van der Waals surface area contributed by atoms with Crippen molar-refractivity contribution in [2.24, 2.45) is 5.92 Å². The Kier molecular flexibility index (Phi) is 4.24. The number of likely N-dealkylation sites (tertiary alicyclic amines) is 1. The second-order valence-electron chi connectivity index (χ2n) is 4.12. The molecule has 1 aliphatic heterocycles. The number of rotatable bonds is 4. The lowest BCUT2D eigenvalue weighted by molar-refractivity contribution is 0.220. The van der Waals surface area contributed by atoms with E-state index < -0.39 is 0 Å². The van der Waals surface area contributed by atoms with Crippen LogP contribution in [0.2, 0.25) is 0 Å². The fourth-order valence-corrected chi connectivity index (χ4v) is 3.77. The lowest BCUT2D eigenvalue weighted by Gasteiger charge is -2.13. The van der Waals surface area contributed by atoms with E-state index in [1.807, 2.05) is 0 Å². The molecule has 0 bridgehead atoms. The Morgan fingerprint density at radius 2 is 2.50 bits per heavy atom. The zero-order valence-corrected chi connectivity index (χ0v) is 11.7. The normalized spacial score (nSPS) is 21.6. The Hall–Kier alpha value is -0.100. The summed E-state index contributed by atoms with van der Waals surface area (Å²) in [6, 6.07) is 2.12. The number of halogens is 1. The maximum absolute atomic E-state index is 9.08. The minimum absolute atomic E-state index is 0.313. The van der Waals surface area contributed by atoms with Crippen LogP contribution in [0.5, 0.6) is 5.06 Å². The molecule has 1 aromatic heterocycles. The molecule has 0 saturated carbocycles. The van der Waals surface area contributed by atoms with E-state index in [-0.39, 0.29) is 0 Å². The van der Waals surface area contributed by atoms with Gasteiger partial charge in [0.05, 0.1) is 11.6 Å². The van der Waals surface area contributed by atoms with Crippen LogP contribution in [0.3, 0.4) is 0 Å².